The topological polar surface area (TPSA) is 73.6 Å². The van der Waals surface area contributed by atoms with Crippen molar-refractivity contribution in [1.82, 2.24) is 9.21 Å². The Balaban J connectivity index is 2.07. The zero-order chi connectivity index (χ0) is 21.2. The lowest BCUT2D eigenvalue weighted by Crippen LogP contribution is -2.41. The Morgan fingerprint density at radius 3 is 2.52 bits per heavy atom. The Hall–Kier alpha value is -2.27. The fourth-order valence-electron chi connectivity index (χ4n) is 3.80. The molecule has 2 aromatic carbocycles. The Kier molecular flexibility index (Phi) is 6.37. The van der Waals surface area contributed by atoms with Gasteiger partial charge in [-0.05, 0) is 44.0 Å². The maximum atomic E-state index is 13.7. The number of sulfonamides is 1. The molecule has 1 saturated heterocycles. The van der Waals surface area contributed by atoms with E-state index in [-0.39, 0.29) is 23.2 Å². The fraction of sp³-hybridized carbons (Fsp3) is 0.381. The van der Waals surface area contributed by atoms with E-state index < -0.39 is 10.0 Å². The van der Waals surface area contributed by atoms with E-state index in [2.05, 4.69) is 12.3 Å². The molecule has 8 heteroatoms. The summed E-state index contributed by atoms with van der Waals surface area (Å²) in [6.45, 7) is 5.09. The van der Waals surface area contributed by atoms with Crippen LogP contribution in [0.1, 0.15) is 23.1 Å². The molecule has 0 aliphatic carbocycles. The van der Waals surface area contributed by atoms with E-state index in [9.17, 15) is 13.7 Å². The van der Waals surface area contributed by atoms with Gasteiger partial charge in [0, 0.05) is 30.7 Å². The Morgan fingerprint density at radius 1 is 1.24 bits per heavy atom. The molecule has 154 valence electrons. The first-order chi connectivity index (χ1) is 13.7. The molecular weight excluding hydrogens is 410 g/mol. The average Bonchev–Trinajstić information content (AvgIpc) is 3.14. The molecule has 29 heavy (non-hydrogen) atoms. The molecule has 0 N–H and O–H groups in total. The standard InChI is InChI=1S/C21H24ClN3O3S/c1-15-8-16(2)10-17(9-15)12-25(19-6-7-24(13-19)14-23)29(26,27)21-11-18(22)4-5-20(21)28-3/h4-5,8-11,19H,6-7,12-13H2,1-3H3. The van der Waals surface area contributed by atoms with Gasteiger partial charge in [0.1, 0.15) is 10.6 Å². The van der Waals surface area contributed by atoms with Crippen LogP contribution >= 0.6 is 11.6 Å². The van der Waals surface area contributed by atoms with Crippen LogP contribution in [0.5, 0.6) is 5.75 Å². The second-order valence-electron chi connectivity index (χ2n) is 7.33. The van der Waals surface area contributed by atoms with E-state index in [1.165, 1.54) is 17.5 Å². The Morgan fingerprint density at radius 2 is 1.93 bits per heavy atom. The third-order valence-electron chi connectivity index (χ3n) is 5.04. The first kappa shape index (κ1) is 21.4. The summed E-state index contributed by atoms with van der Waals surface area (Å²) < 4.78 is 34.2. The molecule has 0 spiro atoms. The lowest BCUT2D eigenvalue weighted by Gasteiger charge is -2.29. The molecular formula is C21H24ClN3O3S. The minimum Gasteiger partial charge on any atom is -0.495 e. The number of likely N-dealkylation sites (tertiary alicyclic amines) is 1. The van der Waals surface area contributed by atoms with Crippen molar-refractivity contribution in [1.29, 1.82) is 5.26 Å². The first-order valence-electron chi connectivity index (χ1n) is 9.32. The van der Waals surface area contributed by atoms with Gasteiger partial charge in [0.2, 0.25) is 10.0 Å². The lowest BCUT2D eigenvalue weighted by molar-refractivity contribution is 0.311. The maximum Gasteiger partial charge on any atom is 0.247 e. The highest BCUT2D eigenvalue weighted by Crippen LogP contribution is 2.33. The largest absolute Gasteiger partial charge is 0.495 e. The van der Waals surface area contributed by atoms with Gasteiger partial charge < -0.3 is 9.64 Å². The summed E-state index contributed by atoms with van der Waals surface area (Å²) in [5.74, 6) is 0.245. The third kappa shape index (κ3) is 4.67. The molecule has 1 atom stereocenters. The molecule has 1 unspecified atom stereocenters. The highest BCUT2D eigenvalue weighted by Gasteiger charge is 2.37. The number of aryl methyl sites for hydroxylation is 2. The zero-order valence-electron chi connectivity index (χ0n) is 16.7. The highest BCUT2D eigenvalue weighted by molar-refractivity contribution is 7.89. The number of rotatable bonds is 6. The van der Waals surface area contributed by atoms with Crippen molar-refractivity contribution in [3.05, 3.63) is 58.1 Å². The molecule has 1 fully saturated rings. The number of nitriles is 1. The molecule has 1 aliphatic rings. The number of halogens is 1. The minimum atomic E-state index is -3.92. The predicted molar refractivity (Wildman–Crippen MR) is 112 cm³/mol. The van der Waals surface area contributed by atoms with E-state index >= 15 is 0 Å². The van der Waals surface area contributed by atoms with Crippen LogP contribution in [0.2, 0.25) is 5.02 Å². The number of hydrogen-bond donors (Lipinski definition) is 0. The number of nitrogens with zero attached hydrogens (tertiary/aromatic N) is 3. The first-order valence-corrected chi connectivity index (χ1v) is 11.1. The number of hydrogen-bond acceptors (Lipinski definition) is 5. The van der Waals surface area contributed by atoms with Gasteiger partial charge in [0.05, 0.1) is 7.11 Å². The molecule has 0 radical (unpaired) electrons. The summed E-state index contributed by atoms with van der Waals surface area (Å²) in [5, 5.41) is 9.56. The summed E-state index contributed by atoms with van der Waals surface area (Å²) >= 11 is 6.10. The van der Waals surface area contributed by atoms with Gasteiger partial charge in [0.25, 0.3) is 0 Å². The number of methoxy groups -OCH3 is 1. The van der Waals surface area contributed by atoms with E-state index in [0.29, 0.717) is 24.5 Å². The van der Waals surface area contributed by atoms with Crippen molar-refractivity contribution in [3.8, 4) is 11.9 Å². The normalized spacial score (nSPS) is 16.8. The third-order valence-corrected chi connectivity index (χ3v) is 7.20. The zero-order valence-corrected chi connectivity index (χ0v) is 18.3. The SMILES string of the molecule is COc1ccc(Cl)cc1S(=O)(=O)N(Cc1cc(C)cc(C)c1)C1CCN(C#N)C1. The van der Waals surface area contributed by atoms with Crippen LogP contribution in [-0.4, -0.2) is 43.9 Å². The molecule has 0 aromatic heterocycles. The van der Waals surface area contributed by atoms with Crippen molar-refractivity contribution in [2.45, 2.75) is 37.8 Å². The molecule has 6 nitrogen and oxygen atoms in total. The second-order valence-corrected chi connectivity index (χ2v) is 9.63. The van der Waals surface area contributed by atoms with Gasteiger partial charge >= 0.3 is 0 Å². The number of benzene rings is 2. The van der Waals surface area contributed by atoms with Crippen LogP contribution < -0.4 is 4.74 Å². The molecule has 0 saturated carbocycles. The van der Waals surface area contributed by atoms with E-state index in [1.54, 1.807) is 17.0 Å². The molecule has 0 bridgehead atoms. The van der Waals surface area contributed by atoms with Crippen molar-refractivity contribution in [2.75, 3.05) is 20.2 Å². The van der Waals surface area contributed by atoms with Gasteiger partial charge in [0.15, 0.2) is 6.19 Å². The molecule has 3 rings (SSSR count). The van der Waals surface area contributed by atoms with Crippen molar-refractivity contribution in [3.63, 3.8) is 0 Å². The van der Waals surface area contributed by atoms with Gasteiger partial charge in [-0.25, -0.2) is 8.42 Å². The summed E-state index contributed by atoms with van der Waals surface area (Å²) in [4.78, 5) is 1.62. The van der Waals surface area contributed by atoms with Crippen molar-refractivity contribution >= 4 is 21.6 Å². The van der Waals surface area contributed by atoms with Crippen LogP contribution in [0.15, 0.2) is 41.3 Å². The van der Waals surface area contributed by atoms with Gasteiger partial charge in [-0.1, -0.05) is 40.9 Å². The summed E-state index contributed by atoms with van der Waals surface area (Å²) in [7, 11) is -2.48. The predicted octanol–water partition coefficient (Wildman–Crippen LogP) is 3.71. The lowest BCUT2D eigenvalue weighted by atomic mass is 10.1. The van der Waals surface area contributed by atoms with Crippen LogP contribution in [0.25, 0.3) is 0 Å². The average molecular weight is 434 g/mol. The van der Waals surface area contributed by atoms with Crippen LogP contribution in [0, 0.1) is 25.3 Å². The van der Waals surface area contributed by atoms with Crippen LogP contribution in [0.3, 0.4) is 0 Å². The summed E-state index contributed by atoms with van der Waals surface area (Å²) in [6.07, 6.45) is 2.70. The smallest absolute Gasteiger partial charge is 0.247 e. The second kappa shape index (κ2) is 8.62. The molecule has 1 aliphatic heterocycles. The molecule has 2 aromatic rings. The summed E-state index contributed by atoms with van der Waals surface area (Å²) in [5.41, 5.74) is 3.05. The van der Waals surface area contributed by atoms with Crippen molar-refractivity contribution < 1.29 is 13.2 Å². The Labute approximate surface area is 177 Å². The van der Waals surface area contributed by atoms with Crippen LogP contribution in [0.4, 0.5) is 0 Å². The van der Waals surface area contributed by atoms with E-state index in [0.717, 1.165) is 16.7 Å². The van der Waals surface area contributed by atoms with Gasteiger partial charge in [-0.15, -0.1) is 0 Å². The minimum absolute atomic E-state index is 0.0345. The van der Waals surface area contributed by atoms with E-state index in [4.69, 9.17) is 16.3 Å². The Bertz CT molecular complexity index is 1030. The van der Waals surface area contributed by atoms with E-state index in [1.807, 2.05) is 26.0 Å². The molecule has 1 heterocycles. The fourth-order valence-corrected chi connectivity index (χ4v) is 5.85. The monoisotopic (exact) mass is 433 g/mol. The maximum absolute atomic E-state index is 13.7. The molecule has 0 amide bonds. The quantitative estimate of drug-likeness (QED) is 0.649. The summed E-state index contributed by atoms with van der Waals surface area (Å²) in [6, 6.07) is 10.3. The van der Waals surface area contributed by atoms with Crippen molar-refractivity contribution in [2.24, 2.45) is 0 Å². The highest BCUT2D eigenvalue weighted by atomic mass is 35.5. The van der Waals surface area contributed by atoms with Crippen LogP contribution in [-0.2, 0) is 16.6 Å². The van der Waals surface area contributed by atoms with Gasteiger partial charge in [-0.2, -0.15) is 9.57 Å². The number of ether oxygens (including phenoxy) is 1. The van der Waals surface area contributed by atoms with Gasteiger partial charge in [-0.3, -0.25) is 0 Å².